The van der Waals surface area contributed by atoms with Gasteiger partial charge in [0.15, 0.2) is 0 Å². The predicted octanol–water partition coefficient (Wildman–Crippen LogP) is 2.31. The van der Waals surface area contributed by atoms with Gasteiger partial charge >= 0.3 is 0 Å². The topological polar surface area (TPSA) is 51.1 Å². The van der Waals surface area contributed by atoms with E-state index in [4.69, 9.17) is 11.6 Å². The first-order valence-corrected chi connectivity index (χ1v) is 7.56. The average Bonchev–Trinajstić information content (AvgIpc) is 2.91. The van der Waals surface area contributed by atoms with Crippen LogP contribution >= 0.6 is 22.9 Å². The van der Waals surface area contributed by atoms with Crippen molar-refractivity contribution in [2.45, 2.75) is 19.4 Å². The third-order valence-corrected chi connectivity index (χ3v) is 3.86. The van der Waals surface area contributed by atoms with E-state index in [9.17, 15) is 9.59 Å². The number of carbonyl (C=O) groups is 1. The number of rotatable bonds is 6. The largest absolute Gasteiger partial charge is 0.356 e. The Kier molecular flexibility index (Phi) is 5.38. The average molecular weight is 311 g/mol. The quantitative estimate of drug-likeness (QED) is 0.832. The summed E-state index contributed by atoms with van der Waals surface area (Å²) >= 11 is 7.40. The molecular weight excluding hydrogens is 296 g/mol. The predicted molar refractivity (Wildman–Crippen MR) is 81.4 cm³/mol. The van der Waals surface area contributed by atoms with E-state index >= 15 is 0 Å². The molecule has 0 atom stereocenters. The lowest BCUT2D eigenvalue weighted by Gasteiger charge is -2.07. The third-order valence-electron chi connectivity index (χ3n) is 2.76. The molecule has 0 saturated heterocycles. The van der Waals surface area contributed by atoms with Gasteiger partial charge in [0, 0.05) is 30.2 Å². The zero-order valence-electron chi connectivity index (χ0n) is 10.8. The normalized spacial score (nSPS) is 10.4. The lowest BCUT2D eigenvalue weighted by Crippen LogP contribution is -2.27. The molecule has 2 aromatic heterocycles. The molecule has 0 fully saturated rings. The molecule has 2 aromatic rings. The van der Waals surface area contributed by atoms with E-state index in [0.29, 0.717) is 31.0 Å². The fourth-order valence-corrected chi connectivity index (χ4v) is 2.67. The van der Waals surface area contributed by atoms with Gasteiger partial charge in [0.1, 0.15) is 0 Å². The van der Waals surface area contributed by atoms with Crippen LogP contribution in [-0.2, 0) is 17.8 Å². The van der Waals surface area contributed by atoms with Crippen molar-refractivity contribution in [3.05, 3.63) is 56.1 Å². The summed E-state index contributed by atoms with van der Waals surface area (Å²) in [5.41, 5.74) is -0.0840. The summed E-state index contributed by atoms with van der Waals surface area (Å²) in [5, 5.41) is 5.33. The number of thiophene rings is 1. The number of pyridine rings is 1. The zero-order chi connectivity index (χ0) is 14.4. The van der Waals surface area contributed by atoms with Gasteiger partial charge in [-0.25, -0.2) is 0 Å². The Morgan fingerprint density at radius 3 is 2.95 bits per heavy atom. The Morgan fingerprint density at radius 2 is 2.20 bits per heavy atom. The SMILES string of the molecule is O=C(Cc1cccs1)NCCCn1cc(Cl)ccc1=O. The van der Waals surface area contributed by atoms with Crippen LogP contribution in [0, 0.1) is 0 Å². The molecule has 1 N–H and O–H groups in total. The number of aromatic nitrogens is 1. The van der Waals surface area contributed by atoms with E-state index in [1.165, 1.54) is 6.07 Å². The number of amides is 1. The maximum Gasteiger partial charge on any atom is 0.250 e. The summed E-state index contributed by atoms with van der Waals surface area (Å²) in [4.78, 5) is 24.2. The summed E-state index contributed by atoms with van der Waals surface area (Å²) in [6.07, 6.45) is 2.71. The van der Waals surface area contributed by atoms with Crippen LogP contribution in [0.5, 0.6) is 0 Å². The highest BCUT2D eigenvalue weighted by molar-refractivity contribution is 7.10. The van der Waals surface area contributed by atoms with E-state index in [1.54, 1.807) is 28.2 Å². The number of nitrogens with one attached hydrogen (secondary N) is 1. The van der Waals surface area contributed by atoms with Crippen LogP contribution in [0.3, 0.4) is 0 Å². The van der Waals surface area contributed by atoms with E-state index in [2.05, 4.69) is 5.32 Å². The molecule has 20 heavy (non-hydrogen) atoms. The lowest BCUT2D eigenvalue weighted by molar-refractivity contribution is -0.120. The van der Waals surface area contributed by atoms with Gasteiger partial charge in [0.05, 0.1) is 11.4 Å². The molecular formula is C14H15ClN2O2S. The molecule has 0 aromatic carbocycles. The Balaban J connectivity index is 1.72. The molecule has 2 heterocycles. The van der Waals surface area contributed by atoms with E-state index in [-0.39, 0.29) is 11.5 Å². The maximum atomic E-state index is 11.6. The van der Waals surface area contributed by atoms with Crippen LogP contribution in [0.25, 0.3) is 0 Å². The molecule has 0 unspecified atom stereocenters. The first-order chi connectivity index (χ1) is 9.65. The van der Waals surface area contributed by atoms with Crippen LogP contribution < -0.4 is 10.9 Å². The molecule has 0 radical (unpaired) electrons. The fourth-order valence-electron chi connectivity index (χ4n) is 1.79. The number of halogens is 1. The number of aryl methyl sites for hydroxylation is 1. The molecule has 0 aliphatic rings. The van der Waals surface area contributed by atoms with E-state index in [1.807, 2.05) is 17.5 Å². The van der Waals surface area contributed by atoms with Crippen LogP contribution in [0.4, 0.5) is 0 Å². The minimum atomic E-state index is -0.0840. The Hall–Kier alpha value is -1.59. The summed E-state index contributed by atoms with van der Waals surface area (Å²) in [6, 6.07) is 6.88. The molecule has 4 nitrogen and oxygen atoms in total. The molecule has 0 aliphatic carbocycles. The lowest BCUT2D eigenvalue weighted by atomic mass is 10.3. The van der Waals surface area contributed by atoms with Gasteiger partial charge in [-0.05, 0) is 23.9 Å². The van der Waals surface area contributed by atoms with Gasteiger partial charge in [-0.1, -0.05) is 17.7 Å². The van der Waals surface area contributed by atoms with Gasteiger partial charge in [0.2, 0.25) is 5.91 Å². The van der Waals surface area contributed by atoms with Crippen molar-refractivity contribution < 1.29 is 4.79 Å². The van der Waals surface area contributed by atoms with Crippen molar-refractivity contribution >= 4 is 28.8 Å². The van der Waals surface area contributed by atoms with Crippen molar-refractivity contribution in [2.24, 2.45) is 0 Å². The molecule has 106 valence electrons. The highest BCUT2D eigenvalue weighted by Crippen LogP contribution is 2.08. The number of hydrogen-bond donors (Lipinski definition) is 1. The standard InChI is InChI=1S/C14H15ClN2O2S/c15-11-4-5-14(19)17(10-11)7-2-6-16-13(18)9-12-3-1-8-20-12/h1,3-5,8,10H,2,6-7,9H2,(H,16,18). The highest BCUT2D eigenvalue weighted by Gasteiger charge is 2.03. The first kappa shape index (κ1) is 14.8. The van der Waals surface area contributed by atoms with Crippen molar-refractivity contribution in [3.63, 3.8) is 0 Å². The number of hydrogen-bond acceptors (Lipinski definition) is 3. The van der Waals surface area contributed by atoms with Crippen LogP contribution in [0.15, 0.2) is 40.6 Å². The summed E-state index contributed by atoms with van der Waals surface area (Å²) < 4.78 is 1.55. The summed E-state index contributed by atoms with van der Waals surface area (Å²) in [7, 11) is 0. The highest BCUT2D eigenvalue weighted by atomic mass is 35.5. The van der Waals surface area contributed by atoms with Crippen molar-refractivity contribution in [1.82, 2.24) is 9.88 Å². The minimum absolute atomic E-state index is 0.00545. The van der Waals surface area contributed by atoms with Gasteiger partial charge in [0.25, 0.3) is 5.56 Å². The molecule has 0 aliphatic heterocycles. The van der Waals surface area contributed by atoms with E-state index in [0.717, 1.165) is 4.88 Å². The van der Waals surface area contributed by atoms with Crippen LogP contribution in [-0.4, -0.2) is 17.0 Å². The number of carbonyl (C=O) groups excluding carboxylic acids is 1. The van der Waals surface area contributed by atoms with Crippen LogP contribution in [0.1, 0.15) is 11.3 Å². The number of nitrogens with zero attached hydrogens (tertiary/aromatic N) is 1. The Morgan fingerprint density at radius 1 is 1.35 bits per heavy atom. The van der Waals surface area contributed by atoms with Crippen molar-refractivity contribution in [3.8, 4) is 0 Å². The van der Waals surface area contributed by atoms with Gasteiger partial charge in [-0.2, -0.15) is 0 Å². The zero-order valence-corrected chi connectivity index (χ0v) is 12.4. The Labute approximate surface area is 126 Å². The van der Waals surface area contributed by atoms with Crippen LogP contribution in [0.2, 0.25) is 5.02 Å². The van der Waals surface area contributed by atoms with Gasteiger partial charge < -0.3 is 9.88 Å². The third kappa shape index (κ3) is 4.51. The summed E-state index contributed by atoms with van der Waals surface area (Å²) in [5.74, 6) is 0.00545. The fraction of sp³-hybridized carbons (Fsp3) is 0.286. The smallest absolute Gasteiger partial charge is 0.250 e. The molecule has 0 saturated carbocycles. The second-order valence-corrected chi connectivity index (χ2v) is 5.81. The molecule has 2 rings (SSSR count). The molecule has 1 amide bonds. The van der Waals surface area contributed by atoms with Crippen molar-refractivity contribution in [2.75, 3.05) is 6.54 Å². The second kappa shape index (κ2) is 7.26. The Bertz CT molecular complexity index is 622. The van der Waals surface area contributed by atoms with Crippen molar-refractivity contribution in [1.29, 1.82) is 0 Å². The second-order valence-electron chi connectivity index (χ2n) is 4.34. The summed E-state index contributed by atoms with van der Waals surface area (Å²) in [6.45, 7) is 1.09. The monoisotopic (exact) mass is 310 g/mol. The minimum Gasteiger partial charge on any atom is -0.356 e. The molecule has 6 heteroatoms. The first-order valence-electron chi connectivity index (χ1n) is 6.30. The molecule has 0 bridgehead atoms. The van der Waals surface area contributed by atoms with E-state index < -0.39 is 0 Å². The van der Waals surface area contributed by atoms with Gasteiger partial charge in [-0.15, -0.1) is 11.3 Å². The molecule has 0 spiro atoms. The van der Waals surface area contributed by atoms with Gasteiger partial charge in [-0.3, -0.25) is 9.59 Å². The maximum absolute atomic E-state index is 11.6.